The third kappa shape index (κ3) is 7.76. The number of aromatic nitrogens is 6. The maximum absolute atomic E-state index is 14.6. The molecule has 1 amide bonds. The van der Waals surface area contributed by atoms with Crippen molar-refractivity contribution >= 4 is 39.8 Å². The Hall–Kier alpha value is -5.79. The summed E-state index contributed by atoms with van der Waals surface area (Å²) in [5.74, 6) is -1.21. The largest absolute Gasteiger partial charge is 0.433 e. The second-order valence-electron chi connectivity index (χ2n) is 16.0. The van der Waals surface area contributed by atoms with Gasteiger partial charge in [-0.3, -0.25) is 23.9 Å². The van der Waals surface area contributed by atoms with E-state index in [0.717, 1.165) is 28.5 Å². The van der Waals surface area contributed by atoms with Crippen LogP contribution in [-0.4, -0.2) is 69.6 Å². The summed E-state index contributed by atoms with van der Waals surface area (Å²) >= 11 is 0. The highest BCUT2D eigenvalue weighted by molar-refractivity contribution is 6.07. The molecule has 11 nitrogen and oxygen atoms in total. The Morgan fingerprint density at radius 1 is 1.03 bits per heavy atom. The second-order valence-corrected chi connectivity index (χ2v) is 16.0. The number of halogens is 3. The van der Waals surface area contributed by atoms with Crippen LogP contribution in [0.15, 0.2) is 68.0 Å². The normalized spacial score (nSPS) is 19.3. The van der Waals surface area contributed by atoms with Gasteiger partial charge in [0.15, 0.2) is 17.2 Å². The quantitative estimate of drug-likeness (QED) is 0.0730. The van der Waals surface area contributed by atoms with E-state index in [9.17, 15) is 32.3 Å². The standard InChI is InChI=1S/C44H46F3N7O4/c1-7-9-11-26(4)35(56)14-15-43-20-34(36(57)19-33-25(3)12-13-37(49-33)44(45,46)47)54(38(43)21-43)40(58)24-53-42-29(10-8-2)17-30(18-32(42)41(51-53)28(6)55)31-22-48-39-16-27(5)50-52(39)23-31/h7-8,12-13,16-18,22-23,26,34,38H,1-2,9-11,14-15,19-21,24H2,3-6H3/t26-,34?,38-,43+/m1/s1. The van der Waals surface area contributed by atoms with Crippen molar-refractivity contribution in [2.24, 2.45) is 11.3 Å². The van der Waals surface area contributed by atoms with Crippen LogP contribution in [0.25, 0.3) is 27.7 Å². The molecule has 1 unspecified atom stereocenters. The molecule has 5 heterocycles. The first kappa shape index (κ1) is 40.4. The van der Waals surface area contributed by atoms with Crippen LogP contribution in [0.4, 0.5) is 13.2 Å². The number of benzene rings is 1. The van der Waals surface area contributed by atoms with Crippen molar-refractivity contribution in [2.75, 3.05) is 0 Å². The molecular formula is C44H46F3N7O4. The molecule has 1 aliphatic carbocycles. The van der Waals surface area contributed by atoms with Crippen molar-refractivity contribution in [3.8, 4) is 11.1 Å². The minimum Gasteiger partial charge on any atom is -0.327 e. The first-order chi connectivity index (χ1) is 27.5. The predicted molar refractivity (Wildman–Crippen MR) is 212 cm³/mol. The van der Waals surface area contributed by atoms with Crippen molar-refractivity contribution in [1.29, 1.82) is 0 Å². The number of amides is 1. The molecular weight excluding hydrogens is 748 g/mol. The number of fused-ring (bicyclic) bond motifs is 3. The molecule has 0 spiro atoms. The van der Waals surface area contributed by atoms with Crippen LogP contribution < -0.4 is 0 Å². The molecule has 0 N–H and O–H groups in total. The van der Waals surface area contributed by atoms with Crippen LogP contribution in [0.1, 0.15) is 91.1 Å². The first-order valence-electron chi connectivity index (χ1n) is 19.5. The Bertz CT molecular complexity index is 2500. The van der Waals surface area contributed by atoms with E-state index >= 15 is 0 Å². The minimum atomic E-state index is -4.69. The van der Waals surface area contributed by atoms with Gasteiger partial charge in [0.1, 0.15) is 23.7 Å². The molecule has 1 saturated heterocycles. The van der Waals surface area contributed by atoms with Gasteiger partial charge in [0, 0.05) is 54.7 Å². The van der Waals surface area contributed by atoms with Crippen LogP contribution in [0, 0.1) is 25.2 Å². The van der Waals surface area contributed by atoms with E-state index in [2.05, 4.69) is 33.3 Å². The van der Waals surface area contributed by atoms with Crippen LogP contribution in [0.3, 0.4) is 0 Å². The Kier molecular flexibility index (Phi) is 10.8. The van der Waals surface area contributed by atoms with E-state index < -0.39 is 41.4 Å². The van der Waals surface area contributed by atoms with E-state index in [4.69, 9.17) is 0 Å². The maximum Gasteiger partial charge on any atom is 0.433 e. The number of Topliss-reactive ketones (excluding diaryl/α,β-unsaturated/α-hetero) is 3. The number of rotatable bonds is 16. The predicted octanol–water partition coefficient (Wildman–Crippen LogP) is 7.83. The van der Waals surface area contributed by atoms with Gasteiger partial charge in [-0.05, 0) is 92.7 Å². The first-order valence-corrected chi connectivity index (χ1v) is 19.5. The molecule has 4 aromatic heterocycles. The summed E-state index contributed by atoms with van der Waals surface area (Å²) in [5.41, 5.74) is 3.37. The molecule has 5 aromatic rings. The summed E-state index contributed by atoms with van der Waals surface area (Å²) in [5, 5.41) is 9.70. The summed E-state index contributed by atoms with van der Waals surface area (Å²) in [6.45, 7) is 14.2. The van der Waals surface area contributed by atoms with E-state index in [-0.39, 0.29) is 54.3 Å². The maximum atomic E-state index is 14.6. The van der Waals surface area contributed by atoms with Crippen molar-refractivity contribution in [3.63, 3.8) is 0 Å². The highest BCUT2D eigenvalue weighted by atomic mass is 19.4. The molecule has 302 valence electrons. The lowest BCUT2D eigenvalue weighted by atomic mass is 9.88. The molecule has 1 aliphatic heterocycles. The average Bonchev–Trinajstić information content (AvgIpc) is 3.40. The molecule has 1 saturated carbocycles. The van der Waals surface area contributed by atoms with Gasteiger partial charge in [-0.2, -0.15) is 23.4 Å². The number of carbonyl (C=O) groups excluding carboxylic acids is 4. The lowest BCUT2D eigenvalue weighted by Crippen LogP contribution is -2.45. The van der Waals surface area contributed by atoms with Crippen molar-refractivity contribution in [2.45, 2.75) is 104 Å². The van der Waals surface area contributed by atoms with Gasteiger partial charge in [-0.1, -0.05) is 25.1 Å². The number of carbonyl (C=O) groups is 4. The number of ketones is 3. The van der Waals surface area contributed by atoms with Crippen molar-refractivity contribution < 1.29 is 32.3 Å². The van der Waals surface area contributed by atoms with E-state index in [1.54, 1.807) is 34.7 Å². The molecule has 1 aromatic carbocycles. The number of pyridine rings is 1. The number of hydrogen-bond acceptors (Lipinski definition) is 8. The highest BCUT2D eigenvalue weighted by Gasteiger charge is 2.66. The zero-order valence-corrected chi connectivity index (χ0v) is 33.1. The number of hydrogen-bond donors (Lipinski definition) is 0. The molecule has 14 heteroatoms. The minimum absolute atomic E-state index is 0.000786. The molecule has 2 fully saturated rings. The Morgan fingerprint density at radius 3 is 2.52 bits per heavy atom. The van der Waals surface area contributed by atoms with E-state index in [0.29, 0.717) is 54.2 Å². The summed E-state index contributed by atoms with van der Waals surface area (Å²) in [6, 6.07) is 6.54. The van der Waals surface area contributed by atoms with Crippen LogP contribution in [0.5, 0.6) is 0 Å². The molecule has 58 heavy (non-hydrogen) atoms. The monoisotopic (exact) mass is 793 g/mol. The third-order valence-corrected chi connectivity index (χ3v) is 11.8. The Labute approximate surface area is 334 Å². The SMILES string of the molecule is C=CCC[C@@H](C)C(=O)CC[C@@]12CC(C(=O)Cc3nc(C(F)(F)F)ccc3C)N(C(=O)Cn3nc(C(C)=O)c4cc(-c5cnc6cc(C)nn6c5)cc(CC=C)c43)[C@@H]1C2. The van der Waals surface area contributed by atoms with Gasteiger partial charge in [0.2, 0.25) is 5.91 Å². The van der Waals surface area contributed by atoms with Crippen molar-refractivity contribution in [1.82, 2.24) is 34.3 Å². The zero-order valence-electron chi connectivity index (χ0n) is 33.1. The van der Waals surface area contributed by atoms with Gasteiger partial charge < -0.3 is 4.90 Å². The Morgan fingerprint density at radius 2 is 1.81 bits per heavy atom. The fraction of sp³-hybridized carbons (Fsp3) is 0.409. The summed E-state index contributed by atoms with van der Waals surface area (Å²) < 4.78 is 44.1. The molecule has 2 aliphatic rings. The zero-order chi connectivity index (χ0) is 41.7. The number of aryl methyl sites for hydroxylation is 2. The Balaban J connectivity index is 1.23. The molecule has 0 radical (unpaired) electrons. The summed E-state index contributed by atoms with van der Waals surface area (Å²) in [7, 11) is 0. The van der Waals surface area contributed by atoms with Gasteiger partial charge in [-0.15, -0.1) is 13.2 Å². The molecule has 7 rings (SSSR count). The number of nitrogens with zero attached hydrogens (tertiary/aromatic N) is 7. The van der Waals surface area contributed by atoms with E-state index in [1.807, 2.05) is 38.2 Å². The van der Waals surface area contributed by atoms with Crippen LogP contribution >= 0.6 is 0 Å². The average molecular weight is 794 g/mol. The van der Waals surface area contributed by atoms with Gasteiger partial charge in [-0.25, -0.2) is 14.5 Å². The smallest absolute Gasteiger partial charge is 0.327 e. The third-order valence-electron chi connectivity index (χ3n) is 11.8. The van der Waals surface area contributed by atoms with Gasteiger partial charge >= 0.3 is 6.18 Å². The lowest BCUT2D eigenvalue weighted by molar-refractivity contribution is -0.141. The number of allylic oxidation sites excluding steroid dienone is 2. The number of alkyl halides is 3. The summed E-state index contributed by atoms with van der Waals surface area (Å²) in [4.78, 5) is 65.0. The topological polar surface area (TPSA) is 132 Å². The lowest BCUT2D eigenvalue weighted by Gasteiger charge is -2.27. The van der Waals surface area contributed by atoms with Crippen LogP contribution in [0.2, 0.25) is 0 Å². The van der Waals surface area contributed by atoms with Crippen molar-refractivity contribution in [3.05, 3.63) is 102 Å². The summed E-state index contributed by atoms with van der Waals surface area (Å²) in [6.07, 6.45) is 5.42. The van der Waals surface area contributed by atoms with Gasteiger partial charge in [0.25, 0.3) is 0 Å². The van der Waals surface area contributed by atoms with E-state index in [1.165, 1.54) is 17.7 Å². The highest BCUT2D eigenvalue weighted by Crippen LogP contribution is 2.62. The molecule has 0 bridgehead atoms. The number of piperidine rings is 1. The fourth-order valence-electron chi connectivity index (χ4n) is 8.58. The fourth-order valence-corrected chi connectivity index (χ4v) is 8.58. The van der Waals surface area contributed by atoms with Gasteiger partial charge in [0.05, 0.1) is 29.4 Å². The van der Waals surface area contributed by atoms with Crippen LogP contribution in [-0.2, 0) is 39.9 Å². The second kappa shape index (κ2) is 15.5. The number of likely N-dealkylation sites (tertiary alicyclic amines) is 1. The molecule has 4 atom stereocenters.